The summed E-state index contributed by atoms with van der Waals surface area (Å²) in [6.07, 6.45) is 2.21. The van der Waals surface area contributed by atoms with Crippen LogP contribution in [0.5, 0.6) is 5.75 Å². The Labute approximate surface area is 194 Å². The number of aryl methyl sites for hydroxylation is 1. The van der Waals surface area contributed by atoms with Crippen LogP contribution in [0.2, 0.25) is 0 Å². The number of para-hydroxylation sites is 1. The minimum atomic E-state index is -4.14. The number of carbonyl (C=O) groups is 2. The second kappa shape index (κ2) is 9.96. The monoisotopic (exact) mass is 481 g/mol. The molecule has 2 amide bonds. The van der Waals surface area contributed by atoms with Crippen molar-refractivity contribution in [2.45, 2.75) is 11.8 Å². The van der Waals surface area contributed by atoms with Crippen LogP contribution in [0.3, 0.4) is 0 Å². The van der Waals surface area contributed by atoms with Crippen LogP contribution >= 0.6 is 0 Å². The van der Waals surface area contributed by atoms with Gasteiger partial charge in [-0.3, -0.25) is 14.9 Å². The number of anilines is 1. The van der Waals surface area contributed by atoms with Crippen molar-refractivity contribution in [2.75, 3.05) is 5.32 Å². The highest BCUT2D eigenvalue weighted by molar-refractivity contribution is 7.90. The van der Waals surface area contributed by atoms with E-state index in [2.05, 4.69) is 5.32 Å². The van der Waals surface area contributed by atoms with Gasteiger partial charge < -0.3 is 10.4 Å². The van der Waals surface area contributed by atoms with E-state index in [0.717, 1.165) is 29.8 Å². The molecular formula is C23H19N3O7S. The predicted octanol–water partition coefficient (Wildman–Crippen LogP) is 4.02. The summed E-state index contributed by atoms with van der Waals surface area (Å²) in [6.45, 7) is 1.79. The number of hydrogen-bond acceptors (Lipinski definition) is 7. The zero-order valence-corrected chi connectivity index (χ0v) is 18.6. The molecule has 0 aliphatic heterocycles. The first-order valence-corrected chi connectivity index (χ1v) is 11.2. The molecule has 0 spiro atoms. The fourth-order valence-electron chi connectivity index (χ4n) is 2.95. The highest BCUT2D eigenvalue weighted by Crippen LogP contribution is 2.25. The number of nitro groups is 1. The molecule has 0 atom stereocenters. The minimum Gasteiger partial charge on any atom is -0.508 e. The van der Waals surface area contributed by atoms with Crippen LogP contribution in [-0.2, 0) is 10.0 Å². The van der Waals surface area contributed by atoms with E-state index in [1.165, 1.54) is 42.5 Å². The van der Waals surface area contributed by atoms with Gasteiger partial charge in [-0.05, 0) is 55.5 Å². The molecule has 0 aromatic heterocycles. The van der Waals surface area contributed by atoms with E-state index >= 15 is 0 Å². The smallest absolute Gasteiger partial charge is 0.333 e. The van der Waals surface area contributed by atoms with Gasteiger partial charge in [0, 0.05) is 11.6 Å². The summed E-state index contributed by atoms with van der Waals surface area (Å²) < 4.78 is 26.7. The number of amides is 2. The number of ketones is 1. The van der Waals surface area contributed by atoms with Crippen LogP contribution in [-0.4, -0.2) is 30.3 Å². The Bertz CT molecular complexity index is 1400. The number of nitrogens with zero attached hydrogens (tertiary/aromatic N) is 1. The van der Waals surface area contributed by atoms with Gasteiger partial charge in [0.2, 0.25) is 0 Å². The van der Waals surface area contributed by atoms with Gasteiger partial charge in [0.25, 0.3) is 15.7 Å². The third kappa shape index (κ3) is 5.84. The topological polar surface area (TPSA) is 156 Å². The first kappa shape index (κ1) is 24.1. The Balaban J connectivity index is 1.79. The number of nitrogens with one attached hydrogen (secondary N) is 2. The number of phenols is 1. The van der Waals surface area contributed by atoms with Gasteiger partial charge in [-0.25, -0.2) is 17.9 Å². The summed E-state index contributed by atoms with van der Waals surface area (Å²) in [4.78, 5) is 35.5. The molecule has 0 radical (unpaired) electrons. The average molecular weight is 481 g/mol. The van der Waals surface area contributed by atoms with Crippen molar-refractivity contribution < 1.29 is 28.0 Å². The zero-order valence-electron chi connectivity index (χ0n) is 17.8. The third-order valence-corrected chi connectivity index (χ3v) is 5.97. The zero-order chi connectivity index (χ0) is 24.9. The number of benzene rings is 3. The van der Waals surface area contributed by atoms with Crippen LogP contribution in [0.4, 0.5) is 16.2 Å². The average Bonchev–Trinajstić information content (AvgIpc) is 2.77. The molecule has 0 aliphatic carbocycles. The van der Waals surface area contributed by atoms with Crippen LogP contribution in [0, 0.1) is 17.0 Å². The summed E-state index contributed by atoms with van der Waals surface area (Å²) in [5.74, 6) is -0.832. The summed E-state index contributed by atoms with van der Waals surface area (Å²) in [6, 6.07) is 14.1. The maximum absolute atomic E-state index is 12.7. The lowest BCUT2D eigenvalue weighted by Gasteiger charge is -2.11. The van der Waals surface area contributed by atoms with E-state index in [1.54, 1.807) is 19.1 Å². The molecule has 3 N–H and O–H groups in total. The Morgan fingerprint density at radius 1 is 1.03 bits per heavy atom. The molecular weight excluding hydrogens is 462 g/mol. The fourth-order valence-corrected chi connectivity index (χ4v) is 3.86. The summed E-state index contributed by atoms with van der Waals surface area (Å²) in [7, 11) is -4.14. The number of hydrogen-bond donors (Lipinski definition) is 3. The van der Waals surface area contributed by atoms with Gasteiger partial charge >= 0.3 is 6.03 Å². The predicted molar refractivity (Wildman–Crippen MR) is 125 cm³/mol. The van der Waals surface area contributed by atoms with Crippen molar-refractivity contribution in [1.82, 2.24) is 4.72 Å². The number of allylic oxidation sites excluding steroid dienone is 1. The maximum atomic E-state index is 12.7. The molecule has 0 saturated carbocycles. The summed E-state index contributed by atoms with van der Waals surface area (Å²) in [5, 5.41) is 23.1. The van der Waals surface area contributed by atoms with Crippen molar-refractivity contribution in [3.63, 3.8) is 0 Å². The standard InChI is InChI=1S/C23H19N3O7S/c1-15-6-10-18(11-7-15)34(32,33)25-23(29)24-20-5-3-2-4-19(20)22(28)13-8-16-14-17(27)9-12-21(16)26(30)31/h2-14,27H,1H3,(H2,24,25,29)/b13-8+. The lowest BCUT2D eigenvalue weighted by atomic mass is 10.1. The molecule has 3 aromatic rings. The molecule has 174 valence electrons. The number of sulfonamides is 1. The van der Waals surface area contributed by atoms with Crippen LogP contribution in [0.15, 0.2) is 77.7 Å². The highest BCUT2D eigenvalue weighted by atomic mass is 32.2. The third-order valence-electron chi connectivity index (χ3n) is 4.62. The van der Waals surface area contributed by atoms with E-state index in [9.17, 15) is 33.2 Å². The molecule has 3 rings (SSSR count). The van der Waals surface area contributed by atoms with E-state index < -0.39 is 26.8 Å². The van der Waals surface area contributed by atoms with Crippen LogP contribution < -0.4 is 10.0 Å². The molecule has 0 aliphatic rings. The van der Waals surface area contributed by atoms with Gasteiger partial charge in [-0.1, -0.05) is 29.8 Å². The van der Waals surface area contributed by atoms with Crippen molar-refractivity contribution in [2.24, 2.45) is 0 Å². The fraction of sp³-hybridized carbons (Fsp3) is 0.0435. The minimum absolute atomic E-state index is 0.00530. The first-order chi connectivity index (χ1) is 16.1. The van der Waals surface area contributed by atoms with Crippen molar-refractivity contribution >= 4 is 39.3 Å². The van der Waals surface area contributed by atoms with Gasteiger partial charge in [0.05, 0.1) is 21.1 Å². The lowest BCUT2D eigenvalue weighted by molar-refractivity contribution is -0.385. The van der Waals surface area contributed by atoms with Gasteiger partial charge in [-0.15, -0.1) is 0 Å². The van der Waals surface area contributed by atoms with Crippen molar-refractivity contribution in [3.05, 3.63) is 99.6 Å². The largest absolute Gasteiger partial charge is 0.508 e. The van der Waals surface area contributed by atoms with Crippen molar-refractivity contribution in [1.29, 1.82) is 0 Å². The second-order valence-electron chi connectivity index (χ2n) is 7.12. The van der Waals surface area contributed by atoms with Gasteiger partial charge in [-0.2, -0.15) is 0 Å². The van der Waals surface area contributed by atoms with E-state index in [-0.39, 0.29) is 33.1 Å². The van der Waals surface area contributed by atoms with Gasteiger partial charge in [0.1, 0.15) is 5.75 Å². The maximum Gasteiger partial charge on any atom is 0.333 e. The number of aromatic hydroxyl groups is 1. The van der Waals surface area contributed by atoms with E-state index in [4.69, 9.17) is 0 Å². The first-order valence-electron chi connectivity index (χ1n) is 9.76. The second-order valence-corrected chi connectivity index (χ2v) is 8.80. The summed E-state index contributed by atoms with van der Waals surface area (Å²) in [5.41, 5.74) is 0.586. The Hall–Kier alpha value is -4.51. The molecule has 3 aromatic carbocycles. The molecule has 0 bridgehead atoms. The van der Waals surface area contributed by atoms with E-state index in [1.807, 2.05) is 4.72 Å². The molecule has 0 fully saturated rings. The number of phenolic OH excluding ortho intramolecular Hbond substituents is 1. The molecule has 0 heterocycles. The highest BCUT2D eigenvalue weighted by Gasteiger charge is 2.19. The number of rotatable bonds is 7. The summed E-state index contributed by atoms with van der Waals surface area (Å²) >= 11 is 0. The Morgan fingerprint density at radius 3 is 2.38 bits per heavy atom. The number of nitro benzene ring substituents is 1. The SMILES string of the molecule is Cc1ccc(S(=O)(=O)NC(=O)Nc2ccccc2C(=O)/C=C/c2cc(O)ccc2[N+](=O)[O-])cc1. The van der Waals surface area contributed by atoms with Gasteiger partial charge in [0.15, 0.2) is 5.78 Å². The van der Waals surface area contributed by atoms with Crippen LogP contribution in [0.25, 0.3) is 6.08 Å². The van der Waals surface area contributed by atoms with Crippen LogP contribution in [0.1, 0.15) is 21.5 Å². The molecule has 0 unspecified atom stereocenters. The number of carbonyl (C=O) groups excluding carboxylic acids is 2. The normalized spacial score (nSPS) is 11.2. The molecule has 11 heteroatoms. The van der Waals surface area contributed by atoms with Crippen molar-refractivity contribution in [3.8, 4) is 5.75 Å². The molecule has 34 heavy (non-hydrogen) atoms. The quantitative estimate of drug-likeness (QED) is 0.199. The lowest BCUT2D eigenvalue weighted by Crippen LogP contribution is -2.34. The van der Waals surface area contributed by atoms with E-state index in [0.29, 0.717) is 0 Å². The Morgan fingerprint density at radius 2 is 1.71 bits per heavy atom. The Kier molecular flexibility index (Phi) is 7.07. The molecule has 10 nitrogen and oxygen atoms in total. The number of urea groups is 1. The molecule has 0 saturated heterocycles.